The van der Waals surface area contributed by atoms with Crippen LogP contribution in [0.4, 0.5) is 0 Å². The minimum absolute atomic E-state index is 0.0458. The first kappa shape index (κ1) is 16.6. The average Bonchev–Trinajstić information content (AvgIpc) is 3.19. The fraction of sp³-hybridized carbons (Fsp3) is 0.273. The molecule has 1 heterocycles. The fourth-order valence-corrected chi connectivity index (χ4v) is 3.64. The maximum Gasteiger partial charge on any atom is 0.269 e. The first-order valence-electron chi connectivity index (χ1n) is 9.06. The number of rotatable bonds is 4. The molecule has 0 aliphatic heterocycles. The van der Waals surface area contributed by atoms with E-state index in [1.807, 2.05) is 13.0 Å². The van der Waals surface area contributed by atoms with E-state index in [4.69, 9.17) is 0 Å². The second-order valence-electron chi connectivity index (χ2n) is 7.16. The van der Waals surface area contributed by atoms with Gasteiger partial charge in [0, 0.05) is 6.04 Å². The molecule has 0 saturated carbocycles. The van der Waals surface area contributed by atoms with Crippen LogP contribution in [-0.2, 0) is 19.4 Å². The summed E-state index contributed by atoms with van der Waals surface area (Å²) in [7, 11) is 0. The highest BCUT2D eigenvalue weighted by molar-refractivity contribution is 5.93. The van der Waals surface area contributed by atoms with Gasteiger partial charge in [0.05, 0.1) is 12.2 Å². The molecule has 26 heavy (non-hydrogen) atoms. The van der Waals surface area contributed by atoms with Crippen LogP contribution in [-0.4, -0.2) is 21.7 Å². The van der Waals surface area contributed by atoms with E-state index < -0.39 is 0 Å². The summed E-state index contributed by atoms with van der Waals surface area (Å²) in [5.74, 6) is -0.0458. The summed E-state index contributed by atoms with van der Waals surface area (Å²) < 4.78 is 1.80. The molecule has 1 aliphatic carbocycles. The molecule has 0 spiro atoms. The van der Waals surface area contributed by atoms with Crippen LogP contribution in [0.15, 0.2) is 54.6 Å². The third-order valence-electron chi connectivity index (χ3n) is 4.97. The van der Waals surface area contributed by atoms with Crippen LogP contribution < -0.4 is 5.32 Å². The van der Waals surface area contributed by atoms with Crippen LogP contribution in [0.3, 0.4) is 0 Å². The second kappa shape index (κ2) is 6.79. The van der Waals surface area contributed by atoms with Crippen molar-refractivity contribution in [3.05, 3.63) is 88.2 Å². The van der Waals surface area contributed by atoms with Gasteiger partial charge in [-0.3, -0.25) is 9.48 Å². The van der Waals surface area contributed by atoms with Gasteiger partial charge in [-0.1, -0.05) is 54.1 Å². The molecular weight excluding hydrogens is 322 g/mol. The Morgan fingerprint density at radius 2 is 1.73 bits per heavy atom. The van der Waals surface area contributed by atoms with Crippen molar-refractivity contribution in [1.29, 1.82) is 0 Å². The number of nitrogens with zero attached hydrogens (tertiary/aromatic N) is 2. The molecular formula is C22H23N3O. The normalized spacial score (nSPS) is 13.6. The first-order chi connectivity index (χ1) is 12.6. The predicted molar refractivity (Wildman–Crippen MR) is 102 cm³/mol. The van der Waals surface area contributed by atoms with Crippen LogP contribution >= 0.6 is 0 Å². The van der Waals surface area contributed by atoms with Crippen molar-refractivity contribution in [3.63, 3.8) is 0 Å². The summed E-state index contributed by atoms with van der Waals surface area (Å²) in [5, 5.41) is 7.71. The lowest BCUT2D eigenvalue weighted by atomic mass is 10.1. The fourth-order valence-electron chi connectivity index (χ4n) is 3.64. The molecule has 0 atom stereocenters. The lowest BCUT2D eigenvalue weighted by molar-refractivity contribution is 0.0928. The molecule has 2 aromatic carbocycles. The van der Waals surface area contributed by atoms with Gasteiger partial charge >= 0.3 is 0 Å². The van der Waals surface area contributed by atoms with E-state index in [2.05, 4.69) is 65.9 Å². The van der Waals surface area contributed by atoms with Gasteiger partial charge in [-0.2, -0.15) is 5.10 Å². The Hall–Kier alpha value is -2.88. The quantitative estimate of drug-likeness (QED) is 0.787. The van der Waals surface area contributed by atoms with E-state index in [9.17, 15) is 4.79 Å². The van der Waals surface area contributed by atoms with E-state index >= 15 is 0 Å². The number of aromatic nitrogens is 2. The van der Waals surface area contributed by atoms with Gasteiger partial charge < -0.3 is 5.32 Å². The number of benzene rings is 2. The molecule has 0 bridgehead atoms. The monoisotopic (exact) mass is 345 g/mol. The van der Waals surface area contributed by atoms with Gasteiger partial charge in [0.2, 0.25) is 0 Å². The molecule has 1 aromatic heterocycles. The Balaban J connectivity index is 1.49. The van der Waals surface area contributed by atoms with E-state index in [1.54, 1.807) is 4.68 Å². The van der Waals surface area contributed by atoms with Gasteiger partial charge in [0.15, 0.2) is 0 Å². The van der Waals surface area contributed by atoms with Crippen LogP contribution in [0.25, 0.3) is 0 Å². The second-order valence-corrected chi connectivity index (χ2v) is 7.16. The zero-order chi connectivity index (χ0) is 18.1. The molecule has 4 nitrogen and oxygen atoms in total. The molecule has 1 aliphatic rings. The predicted octanol–water partition coefficient (Wildman–Crippen LogP) is 3.45. The zero-order valence-electron chi connectivity index (χ0n) is 15.2. The highest BCUT2D eigenvalue weighted by atomic mass is 16.2. The summed E-state index contributed by atoms with van der Waals surface area (Å²) in [5.41, 5.74) is 6.52. The molecule has 1 amide bonds. The Labute approximate surface area is 153 Å². The van der Waals surface area contributed by atoms with E-state index in [0.717, 1.165) is 24.1 Å². The van der Waals surface area contributed by atoms with Crippen LogP contribution in [0.5, 0.6) is 0 Å². The molecule has 0 unspecified atom stereocenters. The summed E-state index contributed by atoms with van der Waals surface area (Å²) in [6, 6.07) is 18.8. The van der Waals surface area contributed by atoms with Gasteiger partial charge in [-0.15, -0.1) is 0 Å². The zero-order valence-corrected chi connectivity index (χ0v) is 15.2. The third-order valence-corrected chi connectivity index (χ3v) is 4.97. The third kappa shape index (κ3) is 3.40. The molecule has 0 radical (unpaired) electrons. The Morgan fingerprint density at radius 3 is 2.38 bits per heavy atom. The number of aryl methyl sites for hydroxylation is 2. The number of carbonyl (C=O) groups excluding carboxylic acids is 1. The van der Waals surface area contributed by atoms with Gasteiger partial charge in [0.1, 0.15) is 5.69 Å². The maximum atomic E-state index is 12.9. The number of fused-ring (bicyclic) bond motifs is 1. The molecule has 4 rings (SSSR count). The number of amides is 1. The summed E-state index contributed by atoms with van der Waals surface area (Å²) >= 11 is 0. The smallest absolute Gasteiger partial charge is 0.269 e. The topological polar surface area (TPSA) is 46.9 Å². The Kier molecular flexibility index (Phi) is 4.33. The van der Waals surface area contributed by atoms with Crippen molar-refractivity contribution in [2.75, 3.05) is 0 Å². The van der Waals surface area contributed by atoms with Crippen molar-refractivity contribution >= 4 is 5.91 Å². The summed E-state index contributed by atoms with van der Waals surface area (Å²) in [6.45, 7) is 4.59. The van der Waals surface area contributed by atoms with Crippen molar-refractivity contribution in [2.45, 2.75) is 39.3 Å². The van der Waals surface area contributed by atoms with Crippen LogP contribution in [0.1, 0.15) is 38.4 Å². The standard InChI is InChI=1S/C22H23N3O/c1-15-7-9-17(10-8-15)14-25-21(11-16(2)24-25)22(26)23-20-12-18-5-3-4-6-19(18)13-20/h3-11,20H,12-14H2,1-2H3,(H,23,26). The highest BCUT2D eigenvalue weighted by Crippen LogP contribution is 2.22. The largest absolute Gasteiger partial charge is 0.347 e. The van der Waals surface area contributed by atoms with E-state index in [0.29, 0.717) is 12.2 Å². The van der Waals surface area contributed by atoms with Crippen molar-refractivity contribution in [1.82, 2.24) is 15.1 Å². The molecule has 0 fully saturated rings. The van der Waals surface area contributed by atoms with Crippen molar-refractivity contribution < 1.29 is 4.79 Å². The van der Waals surface area contributed by atoms with Gasteiger partial charge in [-0.25, -0.2) is 0 Å². The number of carbonyl (C=O) groups is 1. The molecule has 0 saturated heterocycles. The van der Waals surface area contributed by atoms with Gasteiger partial charge in [0.25, 0.3) is 5.91 Å². The molecule has 1 N–H and O–H groups in total. The SMILES string of the molecule is Cc1ccc(Cn2nc(C)cc2C(=O)NC2Cc3ccccc3C2)cc1. The van der Waals surface area contributed by atoms with E-state index in [-0.39, 0.29) is 11.9 Å². The molecule has 4 heteroatoms. The molecule has 132 valence electrons. The summed E-state index contributed by atoms with van der Waals surface area (Å²) in [4.78, 5) is 12.9. The van der Waals surface area contributed by atoms with Crippen molar-refractivity contribution in [3.8, 4) is 0 Å². The minimum Gasteiger partial charge on any atom is -0.347 e. The van der Waals surface area contributed by atoms with Gasteiger partial charge in [-0.05, 0) is 49.4 Å². The number of nitrogens with one attached hydrogen (secondary N) is 1. The lowest BCUT2D eigenvalue weighted by Crippen LogP contribution is -2.36. The molecule has 3 aromatic rings. The average molecular weight is 345 g/mol. The number of hydrogen-bond donors (Lipinski definition) is 1. The number of hydrogen-bond acceptors (Lipinski definition) is 2. The maximum absolute atomic E-state index is 12.9. The highest BCUT2D eigenvalue weighted by Gasteiger charge is 2.24. The van der Waals surface area contributed by atoms with E-state index in [1.165, 1.54) is 16.7 Å². The Morgan fingerprint density at radius 1 is 1.08 bits per heavy atom. The Bertz CT molecular complexity index is 915. The van der Waals surface area contributed by atoms with Crippen LogP contribution in [0, 0.1) is 13.8 Å². The van der Waals surface area contributed by atoms with Crippen molar-refractivity contribution in [2.24, 2.45) is 0 Å². The first-order valence-corrected chi connectivity index (χ1v) is 9.06. The van der Waals surface area contributed by atoms with Crippen LogP contribution in [0.2, 0.25) is 0 Å². The summed E-state index contributed by atoms with van der Waals surface area (Å²) in [6.07, 6.45) is 1.79. The lowest BCUT2D eigenvalue weighted by Gasteiger charge is -2.13. The minimum atomic E-state index is -0.0458.